The molecule has 1 N–H and O–H groups in total. The molecule has 2 unspecified atom stereocenters. The minimum Gasteiger partial charge on any atom is -0.295 e. The van der Waals surface area contributed by atoms with Crippen LogP contribution in [-0.4, -0.2) is 34.6 Å². The Morgan fingerprint density at radius 3 is 2.56 bits per heavy atom. The highest BCUT2D eigenvalue weighted by Gasteiger charge is 2.45. The van der Waals surface area contributed by atoms with E-state index in [0.29, 0.717) is 6.42 Å². The fourth-order valence-electron chi connectivity index (χ4n) is 3.20. The number of amides is 4. The molecule has 2 aliphatic heterocycles. The molecular formula is C19H20N2O4. The van der Waals surface area contributed by atoms with Gasteiger partial charge in [-0.05, 0) is 37.5 Å². The van der Waals surface area contributed by atoms with Crippen LogP contribution in [0.25, 0.3) is 0 Å². The van der Waals surface area contributed by atoms with Crippen molar-refractivity contribution in [1.82, 2.24) is 10.2 Å². The Balaban J connectivity index is 0.00000243. The summed E-state index contributed by atoms with van der Waals surface area (Å²) in [4.78, 5) is 49.7. The smallest absolute Gasteiger partial charge is 0.262 e. The lowest BCUT2D eigenvalue weighted by atomic mass is 9.80. The van der Waals surface area contributed by atoms with Crippen molar-refractivity contribution in [3.63, 3.8) is 0 Å². The molecule has 6 heteroatoms. The summed E-state index contributed by atoms with van der Waals surface area (Å²) in [5.41, 5.74) is 0.749. The van der Waals surface area contributed by atoms with Crippen LogP contribution < -0.4 is 5.32 Å². The van der Waals surface area contributed by atoms with Crippen LogP contribution in [0.2, 0.25) is 0 Å². The van der Waals surface area contributed by atoms with E-state index in [9.17, 15) is 19.2 Å². The van der Waals surface area contributed by atoms with E-state index in [0.717, 1.165) is 10.5 Å². The van der Waals surface area contributed by atoms with Crippen LogP contribution in [0, 0.1) is 12.3 Å². The maximum absolute atomic E-state index is 12.8. The van der Waals surface area contributed by atoms with Gasteiger partial charge in [0.2, 0.25) is 11.8 Å². The van der Waals surface area contributed by atoms with Gasteiger partial charge < -0.3 is 0 Å². The van der Waals surface area contributed by atoms with Crippen molar-refractivity contribution in [2.75, 3.05) is 0 Å². The highest BCUT2D eigenvalue weighted by atomic mass is 16.2. The standard InChI is InChI=1S/C19H18N2O4.H2/c1-4-19(3,5-2)11-6-7-12-13(10-11)18(25)21(17(12)24)14-8-9-15(22)20-16(14)23;/h1,6-7,10,14H,5,8-9H2,2-3H3,(H,20,22,23);1H. The van der Waals surface area contributed by atoms with Crippen molar-refractivity contribution >= 4 is 23.6 Å². The lowest BCUT2D eigenvalue weighted by Gasteiger charge is -2.27. The zero-order valence-electron chi connectivity index (χ0n) is 14.1. The molecule has 0 saturated carbocycles. The van der Waals surface area contributed by atoms with Gasteiger partial charge in [0.05, 0.1) is 16.5 Å². The average Bonchev–Trinajstić information content (AvgIpc) is 2.85. The van der Waals surface area contributed by atoms with Crippen LogP contribution >= 0.6 is 0 Å². The number of benzene rings is 1. The lowest BCUT2D eigenvalue weighted by molar-refractivity contribution is -0.136. The van der Waals surface area contributed by atoms with E-state index >= 15 is 0 Å². The summed E-state index contributed by atoms with van der Waals surface area (Å²) in [5.74, 6) is 0.688. The molecule has 1 aromatic rings. The molecule has 0 aromatic heterocycles. The van der Waals surface area contributed by atoms with E-state index in [4.69, 9.17) is 6.42 Å². The number of rotatable bonds is 3. The summed E-state index contributed by atoms with van der Waals surface area (Å²) in [6, 6.07) is 4.02. The molecule has 2 atom stereocenters. The van der Waals surface area contributed by atoms with Crippen molar-refractivity contribution in [3.05, 3.63) is 34.9 Å². The molecule has 4 amide bonds. The molecule has 2 heterocycles. The monoisotopic (exact) mass is 340 g/mol. The maximum Gasteiger partial charge on any atom is 0.262 e. The minimum atomic E-state index is -0.959. The normalized spacial score (nSPS) is 22.3. The summed E-state index contributed by atoms with van der Waals surface area (Å²) in [6.07, 6.45) is 6.55. The highest BCUT2D eigenvalue weighted by molar-refractivity contribution is 6.23. The van der Waals surface area contributed by atoms with Crippen LogP contribution in [0.15, 0.2) is 18.2 Å². The number of terminal acetylenes is 1. The Labute approximate surface area is 147 Å². The second-order valence-corrected chi connectivity index (χ2v) is 6.54. The molecular weight excluding hydrogens is 320 g/mol. The zero-order valence-corrected chi connectivity index (χ0v) is 14.1. The zero-order chi connectivity index (χ0) is 18.4. The Morgan fingerprint density at radius 2 is 1.96 bits per heavy atom. The molecule has 1 aromatic carbocycles. The first-order chi connectivity index (χ1) is 11.8. The summed E-state index contributed by atoms with van der Waals surface area (Å²) < 4.78 is 0. The van der Waals surface area contributed by atoms with Gasteiger partial charge in [0.25, 0.3) is 11.8 Å². The summed E-state index contributed by atoms with van der Waals surface area (Å²) in [7, 11) is 0. The fourth-order valence-corrected chi connectivity index (χ4v) is 3.20. The second kappa shape index (κ2) is 5.85. The summed E-state index contributed by atoms with van der Waals surface area (Å²) >= 11 is 0. The van der Waals surface area contributed by atoms with Gasteiger partial charge in [-0.15, -0.1) is 6.42 Å². The SMILES string of the molecule is C#CC(C)(CC)c1ccc2c(c1)C(=O)N(C1CCC(=O)NC1=O)C2=O.[HH]. The third-order valence-electron chi connectivity index (χ3n) is 5.10. The van der Waals surface area contributed by atoms with Crippen LogP contribution in [-0.2, 0) is 15.0 Å². The number of piperidine rings is 1. The quantitative estimate of drug-likeness (QED) is 0.670. The van der Waals surface area contributed by atoms with Crippen LogP contribution in [0.1, 0.15) is 60.8 Å². The van der Waals surface area contributed by atoms with Crippen LogP contribution in [0.5, 0.6) is 0 Å². The highest BCUT2D eigenvalue weighted by Crippen LogP contribution is 2.33. The molecule has 0 bridgehead atoms. The van der Waals surface area contributed by atoms with E-state index in [1.54, 1.807) is 18.2 Å². The molecule has 0 aliphatic carbocycles. The molecule has 3 rings (SSSR count). The van der Waals surface area contributed by atoms with Crippen molar-refractivity contribution in [2.45, 2.75) is 44.6 Å². The van der Waals surface area contributed by atoms with Crippen molar-refractivity contribution in [1.29, 1.82) is 0 Å². The number of nitrogens with zero attached hydrogens (tertiary/aromatic N) is 1. The van der Waals surface area contributed by atoms with Crippen molar-refractivity contribution in [3.8, 4) is 12.3 Å². The minimum absolute atomic E-state index is 0. The third-order valence-corrected chi connectivity index (χ3v) is 5.10. The van der Waals surface area contributed by atoms with Gasteiger partial charge >= 0.3 is 0 Å². The maximum atomic E-state index is 12.8. The van der Waals surface area contributed by atoms with Crippen molar-refractivity contribution in [2.24, 2.45) is 0 Å². The predicted octanol–water partition coefficient (Wildman–Crippen LogP) is 1.63. The predicted molar refractivity (Wildman–Crippen MR) is 91.7 cm³/mol. The van der Waals surface area contributed by atoms with Gasteiger partial charge in [-0.25, -0.2) is 0 Å². The number of hydrogen-bond acceptors (Lipinski definition) is 4. The molecule has 0 radical (unpaired) electrons. The fraction of sp³-hybridized carbons (Fsp3) is 0.368. The Kier molecular flexibility index (Phi) is 3.96. The number of carbonyl (C=O) groups is 4. The van der Waals surface area contributed by atoms with E-state index in [1.165, 1.54) is 0 Å². The van der Waals surface area contributed by atoms with E-state index < -0.39 is 35.1 Å². The van der Waals surface area contributed by atoms with E-state index in [-0.39, 0.29) is 25.4 Å². The largest absolute Gasteiger partial charge is 0.295 e. The Hall–Kier alpha value is -2.94. The third kappa shape index (κ3) is 2.52. The van der Waals surface area contributed by atoms with Crippen LogP contribution in [0.3, 0.4) is 0 Å². The summed E-state index contributed by atoms with van der Waals surface area (Å²) in [5, 5.41) is 2.18. The van der Waals surface area contributed by atoms with Gasteiger partial charge in [0.15, 0.2) is 0 Å². The lowest BCUT2D eigenvalue weighted by Crippen LogP contribution is -2.54. The molecule has 1 saturated heterocycles. The molecule has 2 aliphatic rings. The van der Waals surface area contributed by atoms with Crippen LogP contribution in [0.4, 0.5) is 0 Å². The topological polar surface area (TPSA) is 83.6 Å². The van der Waals surface area contributed by atoms with Crippen molar-refractivity contribution < 1.29 is 20.6 Å². The molecule has 0 spiro atoms. The molecule has 25 heavy (non-hydrogen) atoms. The Morgan fingerprint density at radius 1 is 1.28 bits per heavy atom. The number of carbonyl (C=O) groups excluding carboxylic acids is 4. The van der Waals surface area contributed by atoms with E-state index in [2.05, 4.69) is 11.2 Å². The van der Waals surface area contributed by atoms with E-state index in [1.807, 2.05) is 13.8 Å². The van der Waals surface area contributed by atoms with Gasteiger partial charge in [0.1, 0.15) is 6.04 Å². The van der Waals surface area contributed by atoms with Gasteiger partial charge in [-0.3, -0.25) is 29.4 Å². The number of hydrogen-bond donors (Lipinski definition) is 1. The number of fused-ring (bicyclic) bond motifs is 1. The molecule has 1 fully saturated rings. The summed E-state index contributed by atoms with van der Waals surface area (Å²) in [6.45, 7) is 3.85. The molecule has 130 valence electrons. The number of imide groups is 2. The first kappa shape index (κ1) is 16.9. The van der Waals surface area contributed by atoms with Gasteiger partial charge in [-0.2, -0.15) is 0 Å². The first-order valence-corrected chi connectivity index (χ1v) is 8.16. The Bertz CT molecular complexity index is 858. The van der Waals surface area contributed by atoms with Gasteiger partial charge in [-0.1, -0.05) is 18.9 Å². The second-order valence-electron chi connectivity index (χ2n) is 6.54. The van der Waals surface area contributed by atoms with Gasteiger partial charge in [0, 0.05) is 7.85 Å². The average molecular weight is 340 g/mol. The first-order valence-electron chi connectivity index (χ1n) is 8.16. The number of nitrogens with one attached hydrogen (secondary N) is 1. The molecule has 6 nitrogen and oxygen atoms in total.